The molecule has 0 aliphatic carbocycles. The third kappa shape index (κ3) is 4.44. The Balaban J connectivity index is 1.90. The molecule has 0 heterocycles. The Kier molecular flexibility index (Phi) is 5.71. The van der Waals surface area contributed by atoms with Crippen molar-refractivity contribution in [2.45, 2.75) is 6.54 Å². The zero-order valence-electron chi connectivity index (χ0n) is 15.3. The minimum absolute atomic E-state index is 0.106. The number of nitrogens with zero attached hydrogens (tertiary/aromatic N) is 1. The predicted molar refractivity (Wildman–Crippen MR) is 104 cm³/mol. The normalized spacial score (nSPS) is 10.4. The molecule has 0 unspecified atom stereocenters. The number of rotatable bonds is 6. The van der Waals surface area contributed by atoms with Crippen LogP contribution in [0.15, 0.2) is 66.7 Å². The van der Waals surface area contributed by atoms with Gasteiger partial charge in [0.25, 0.3) is 5.91 Å². The van der Waals surface area contributed by atoms with Gasteiger partial charge in [0, 0.05) is 12.1 Å². The molecule has 1 amide bonds. The fourth-order valence-corrected chi connectivity index (χ4v) is 2.89. The van der Waals surface area contributed by atoms with Crippen LogP contribution in [-0.2, 0) is 16.1 Å². The fraction of sp³-hybridized carbons (Fsp3) is 0.182. The van der Waals surface area contributed by atoms with Crippen molar-refractivity contribution in [2.24, 2.45) is 0 Å². The van der Waals surface area contributed by atoms with Crippen molar-refractivity contribution in [3.8, 4) is 5.75 Å². The van der Waals surface area contributed by atoms with E-state index in [1.165, 1.54) is 12.0 Å². The summed E-state index contributed by atoms with van der Waals surface area (Å²) < 4.78 is 9.99. The second kappa shape index (κ2) is 8.36. The van der Waals surface area contributed by atoms with E-state index in [0.29, 0.717) is 12.1 Å². The summed E-state index contributed by atoms with van der Waals surface area (Å²) in [5, 5.41) is 1.91. The van der Waals surface area contributed by atoms with E-state index in [4.69, 9.17) is 9.47 Å². The van der Waals surface area contributed by atoms with Gasteiger partial charge in [-0.3, -0.25) is 9.59 Å². The number of benzene rings is 3. The summed E-state index contributed by atoms with van der Waals surface area (Å²) in [7, 11) is 2.93. The Hall–Kier alpha value is -3.34. The molecule has 5 heteroatoms. The average molecular weight is 363 g/mol. The summed E-state index contributed by atoms with van der Waals surface area (Å²) >= 11 is 0. The van der Waals surface area contributed by atoms with Crippen LogP contribution in [0.25, 0.3) is 10.8 Å². The molecule has 138 valence electrons. The summed E-state index contributed by atoms with van der Waals surface area (Å²) in [6.07, 6.45) is 0. The largest absolute Gasteiger partial charge is 0.497 e. The molecule has 27 heavy (non-hydrogen) atoms. The van der Waals surface area contributed by atoms with Crippen molar-refractivity contribution in [2.75, 3.05) is 20.8 Å². The van der Waals surface area contributed by atoms with Crippen molar-refractivity contribution in [1.82, 2.24) is 4.90 Å². The van der Waals surface area contributed by atoms with E-state index in [-0.39, 0.29) is 12.5 Å². The Bertz CT molecular complexity index is 953. The van der Waals surface area contributed by atoms with Crippen LogP contribution in [0.1, 0.15) is 15.9 Å². The lowest BCUT2D eigenvalue weighted by atomic mass is 10.1. The quantitative estimate of drug-likeness (QED) is 0.627. The molecule has 5 nitrogen and oxygen atoms in total. The van der Waals surface area contributed by atoms with E-state index >= 15 is 0 Å². The lowest BCUT2D eigenvalue weighted by Crippen LogP contribution is -2.35. The van der Waals surface area contributed by atoms with Crippen molar-refractivity contribution in [3.63, 3.8) is 0 Å². The van der Waals surface area contributed by atoms with E-state index < -0.39 is 5.97 Å². The summed E-state index contributed by atoms with van der Waals surface area (Å²) in [6, 6.07) is 20.7. The monoisotopic (exact) mass is 363 g/mol. The molecule has 3 aromatic carbocycles. The molecular weight excluding hydrogens is 342 g/mol. The van der Waals surface area contributed by atoms with Gasteiger partial charge >= 0.3 is 5.97 Å². The van der Waals surface area contributed by atoms with Crippen LogP contribution in [0.5, 0.6) is 5.75 Å². The Morgan fingerprint density at radius 2 is 1.59 bits per heavy atom. The van der Waals surface area contributed by atoms with Gasteiger partial charge in [-0.2, -0.15) is 0 Å². The minimum atomic E-state index is -0.454. The zero-order chi connectivity index (χ0) is 19.2. The van der Waals surface area contributed by atoms with Crippen molar-refractivity contribution >= 4 is 22.6 Å². The average Bonchev–Trinajstić information content (AvgIpc) is 2.72. The smallest absolute Gasteiger partial charge is 0.325 e. The van der Waals surface area contributed by atoms with E-state index in [1.54, 1.807) is 13.2 Å². The second-order valence-corrected chi connectivity index (χ2v) is 6.15. The first-order chi connectivity index (χ1) is 13.1. The summed E-state index contributed by atoms with van der Waals surface area (Å²) in [5.41, 5.74) is 1.47. The van der Waals surface area contributed by atoms with E-state index in [9.17, 15) is 9.59 Å². The van der Waals surface area contributed by atoms with Gasteiger partial charge in [-0.25, -0.2) is 0 Å². The first-order valence-electron chi connectivity index (χ1n) is 8.58. The van der Waals surface area contributed by atoms with Gasteiger partial charge in [-0.05, 0) is 40.6 Å². The van der Waals surface area contributed by atoms with E-state index in [1.807, 2.05) is 60.7 Å². The molecule has 3 aromatic rings. The Labute approximate surface area is 158 Å². The third-order valence-electron chi connectivity index (χ3n) is 4.35. The number of hydrogen-bond acceptors (Lipinski definition) is 4. The lowest BCUT2D eigenvalue weighted by molar-refractivity contribution is -0.141. The highest BCUT2D eigenvalue weighted by Crippen LogP contribution is 2.23. The molecular formula is C22H21NO4. The van der Waals surface area contributed by atoms with Crippen molar-refractivity contribution in [1.29, 1.82) is 0 Å². The summed E-state index contributed by atoms with van der Waals surface area (Å²) in [5.74, 6) is 0.0877. The zero-order valence-corrected chi connectivity index (χ0v) is 15.3. The molecule has 0 aliphatic rings. The molecule has 0 saturated carbocycles. The van der Waals surface area contributed by atoms with Gasteiger partial charge in [-0.1, -0.05) is 42.5 Å². The van der Waals surface area contributed by atoms with Crippen LogP contribution in [0, 0.1) is 0 Å². The van der Waals surface area contributed by atoms with Crippen LogP contribution in [0.3, 0.4) is 0 Å². The molecule has 0 saturated heterocycles. The number of carbonyl (C=O) groups is 2. The number of carbonyl (C=O) groups excluding carboxylic acids is 2. The van der Waals surface area contributed by atoms with Gasteiger partial charge in [0.15, 0.2) is 0 Å². The molecule has 0 spiro atoms. The van der Waals surface area contributed by atoms with Crippen LogP contribution < -0.4 is 4.74 Å². The lowest BCUT2D eigenvalue weighted by Gasteiger charge is -2.22. The van der Waals surface area contributed by atoms with E-state index in [0.717, 1.165) is 22.1 Å². The SMILES string of the molecule is COC(=O)CN(Cc1ccccc1)C(=O)c1ccc2cc(OC)ccc2c1. The van der Waals surface area contributed by atoms with E-state index in [2.05, 4.69) is 0 Å². The van der Waals surface area contributed by atoms with Crippen molar-refractivity contribution in [3.05, 3.63) is 77.9 Å². The molecule has 3 rings (SSSR count). The van der Waals surface area contributed by atoms with Gasteiger partial charge < -0.3 is 14.4 Å². The Morgan fingerprint density at radius 3 is 2.30 bits per heavy atom. The van der Waals surface area contributed by atoms with Crippen molar-refractivity contribution < 1.29 is 19.1 Å². The number of ether oxygens (including phenoxy) is 2. The Morgan fingerprint density at radius 1 is 0.889 bits per heavy atom. The minimum Gasteiger partial charge on any atom is -0.497 e. The number of amides is 1. The topological polar surface area (TPSA) is 55.8 Å². The first kappa shape index (κ1) is 18.5. The fourth-order valence-electron chi connectivity index (χ4n) is 2.89. The second-order valence-electron chi connectivity index (χ2n) is 6.15. The van der Waals surface area contributed by atoms with Gasteiger partial charge in [-0.15, -0.1) is 0 Å². The third-order valence-corrected chi connectivity index (χ3v) is 4.35. The molecule has 0 fully saturated rings. The van der Waals surface area contributed by atoms with Crippen LogP contribution in [0.4, 0.5) is 0 Å². The van der Waals surface area contributed by atoms with Crippen LogP contribution in [-0.4, -0.2) is 37.5 Å². The highest BCUT2D eigenvalue weighted by Gasteiger charge is 2.20. The maximum absolute atomic E-state index is 13.1. The molecule has 0 aromatic heterocycles. The molecule has 0 radical (unpaired) electrons. The first-order valence-corrected chi connectivity index (χ1v) is 8.58. The number of esters is 1. The molecule has 0 bridgehead atoms. The summed E-state index contributed by atoms with van der Waals surface area (Å²) in [4.78, 5) is 26.4. The number of fused-ring (bicyclic) bond motifs is 1. The highest BCUT2D eigenvalue weighted by atomic mass is 16.5. The number of hydrogen-bond donors (Lipinski definition) is 0. The maximum atomic E-state index is 13.1. The predicted octanol–water partition coefficient (Wildman–Crippen LogP) is 3.66. The van der Waals surface area contributed by atoms with Crippen LogP contribution >= 0.6 is 0 Å². The maximum Gasteiger partial charge on any atom is 0.325 e. The highest BCUT2D eigenvalue weighted by molar-refractivity contribution is 5.99. The molecule has 0 N–H and O–H groups in total. The van der Waals surface area contributed by atoms with Gasteiger partial charge in [0.1, 0.15) is 12.3 Å². The van der Waals surface area contributed by atoms with Gasteiger partial charge in [0.2, 0.25) is 0 Å². The van der Waals surface area contributed by atoms with Crippen LogP contribution in [0.2, 0.25) is 0 Å². The van der Waals surface area contributed by atoms with Gasteiger partial charge in [0.05, 0.1) is 14.2 Å². The number of methoxy groups -OCH3 is 2. The molecule has 0 atom stereocenters. The molecule has 0 aliphatic heterocycles. The standard InChI is InChI=1S/C22H21NO4/c1-26-20-11-10-17-12-19(9-8-18(17)13-20)22(25)23(15-21(24)27-2)14-16-6-4-3-5-7-16/h3-13H,14-15H2,1-2H3. The summed E-state index contributed by atoms with van der Waals surface area (Å²) in [6.45, 7) is 0.223.